The van der Waals surface area contributed by atoms with Crippen LogP contribution in [0.5, 0.6) is 0 Å². The average molecular weight is 375 g/mol. The van der Waals surface area contributed by atoms with E-state index in [1.54, 1.807) is 6.33 Å². The van der Waals surface area contributed by atoms with Crippen LogP contribution >= 0.6 is 11.3 Å². The monoisotopic (exact) mass is 374 g/mol. The molecule has 0 radical (unpaired) electrons. The van der Waals surface area contributed by atoms with Crippen LogP contribution in [-0.4, -0.2) is 53.1 Å². The summed E-state index contributed by atoms with van der Waals surface area (Å²) in [6.45, 7) is 12.6. The topological polar surface area (TPSA) is 67.4 Å². The number of carbonyl (C=O) groups excluding carboxylic acids is 1. The molecule has 1 N–H and O–H groups in total. The Labute approximate surface area is 158 Å². The van der Waals surface area contributed by atoms with Gasteiger partial charge in [0.05, 0.1) is 16.4 Å². The minimum Gasteiger partial charge on any atom is -0.376 e. The Bertz CT molecular complexity index is 811. The second-order valence-electron chi connectivity index (χ2n) is 6.75. The fraction of sp³-hybridized carbons (Fsp3) is 0.526. The highest BCUT2D eigenvalue weighted by molar-refractivity contribution is 7.20. The van der Waals surface area contributed by atoms with Crippen molar-refractivity contribution < 1.29 is 9.53 Å². The highest BCUT2D eigenvalue weighted by atomic mass is 32.1. The van der Waals surface area contributed by atoms with Gasteiger partial charge in [0, 0.05) is 26.2 Å². The van der Waals surface area contributed by atoms with Crippen LogP contribution in [0.3, 0.4) is 0 Å². The number of thiophene rings is 1. The highest BCUT2D eigenvalue weighted by Crippen LogP contribution is 2.34. The predicted molar refractivity (Wildman–Crippen MR) is 106 cm³/mol. The molecular weight excluding hydrogens is 348 g/mol. The van der Waals surface area contributed by atoms with Crippen LogP contribution in [0, 0.1) is 6.92 Å². The van der Waals surface area contributed by atoms with Gasteiger partial charge in [0.15, 0.2) is 0 Å². The summed E-state index contributed by atoms with van der Waals surface area (Å²) in [5, 5.41) is 4.33. The highest BCUT2D eigenvalue weighted by Gasteiger charge is 2.23. The van der Waals surface area contributed by atoms with Crippen molar-refractivity contribution in [3.05, 3.63) is 28.9 Å². The normalized spacial score (nSPS) is 16.8. The first-order valence-corrected chi connectivity index (χ1v) is 9.86. The Kier molecular flexibility index (Phi) is 5.88. The number of hydrogen-bond donors (Lipinski definition) is 1. The zero-order valence-corrected chi connectivity index (χ0v) is 16.5. The predicted octanol–water partition coefficient (Wildman–Crippen LogP) is 3.63. The number of fused-ring (bicyclic) bond motifs is 1. The number of aromatic nitrogens is 2. The lowest BCUT2D eigenvalue weighted by Crippen LogP contribution is -2.32. The molecule has 2 aromatic rings. The van der Waals surface area contributed by atoms with Gasteiger partial charge in [-0.2, -0.15) is 0 Å². The zero-order valence-electron chi connectivity index (χ0n) is 15.7. The Hall–Kier alpha value is -1.99. The largest absolute Gasteiger partial charge is 0.376 e. The number of carbonyl (C=O) groups is 1. The summed E-state index contributed by atoms with van der Waals surface area (Å²) >= 11 is 1.43. The van der Waals surface area contributed by atoms with Gasteiger partial charge in [0.25, 0.3) is 5.91 Å². The maximum Gasteiger partial charge on any atom is 0.264 e. The lowest BCUT2D eigenvalue weighted by Gasteiger charge is -2.20. The zero-order chi connectivity index (χ0) is 18.7. The summed E-state index contributed by atoms with van der Waals surface area (Å²) in [5.41, 5.74) is 1.91. The Morgan fingerprint density at radius 1 is 1.50 bits per heavy atom. The molecule has 0 bridgehead atoms. The molecule has 140 valence electrons. The van der Waals surface area contributed by atoms with Gasteiger partial charge in [0.1, 0.15) is 17.0 Å². The molecule has 26 heavy (non-hydrogen) atoms. The molecule has 3 rings (SSSR count). The van der Waals surface area contributed by atoms with E-state index in [0.29, 0.717) is 13.1 Å². The molecule has 6 nitrogen and oxygen atoms in total. The molecule has 1 aliphatic heterocycles. The average Bonchev–Trinajstić information content (AvgIpc) is 3.25. The second kappa shape index (κ2) is 8.14. The van der Waals surface area contributed by atoms with Gasteiger partial charge in [-0.05, 0) is 39.2 Å². The summed E-state index contributed by atoms with van der Waals surface area (Å²) in [4.78, 5) is 25.1. The number of hydrogen-bond acceptors (Lipinski definition) is 6. The Balaban J connectivity index is 1.88. The van der Waals surface area contributed by atoms with Crippen LogP contribution in [0.2, 0.25) is 0 Å². The van der Waals surface area contributed by atoms with Gasteiger partial charge in [0.2, 0.25) is 0 Å². The van der Waals surface area contributed by atoms with Gasteiger partial charge in [-0.1, -0.05) is 12.2 Å². The number of amides is 1. The van der Waals surface area contributed by atoms with E-state index < -0.39 is 0 Å². The number of rotatable bonds is 7. The fourth-order valence-electron chi connectivity index (χ4n) is 3.22. The minimum absolute atomic E-state index is 0.0288. The van der Waals surface area contributed by atoms with E-state index in [2.05, 4.69) is 21.9 Å². The van der Waals surface area contributed by atoms with Crippen LogP contribution < -0.4 is 5.32 Å². The third-order valence-electron chi connectivity index (χ3n) is 4.57. The summed E-state index contributed by atoms with van der Waals surface area (Å²) in [7, 11) is 0. The van der Waals surface area contributed by atoms with E-state index in [1.807, 2.05) is 25.7 Å². The molecule has 0 spiro atoms. The first-order valence-electron chi connectivity index (χ1n) is 9.04. The van der Waals surface area contributed by atoms with Crippen molar-refractivity contribution in [2.45, 2.75) is 39.7 Å². The standard InChI is InChI=1S/C19H26N4O2S/c1-5-23(10-12(2)3)19(24)16-13(4)15-17(21-11-22-18(15)26-16)20-9-14-7-6-8-25-14/h11,14H,2,5-10H2,1,3-4H3,(H,20,21,22)/t14-/m1/s1. The maximum atomic E-state index is 13.0. The minimum atomic E-state index is 0.0288. The van der Waals surface area contributed by atoms with E-state index in [-0.39, 0.29) is 12.0 Å². The van der Waals surface area contributed by atoms with E-state index in [0.717, 1.165) is 58.0 Å². The number of likely N-dealkylation sites (N-methyl/N-ethyl adjacent to an activating group) is 1. The summed E-state index contributed by atoms with van der Waals surface area (Å²) in [5.74, 6) is 0.808. The smallest absolute Gasteiger partial charge is 0.264 e. The first kappa shape index (κ1) is 18.8. The third kappa shape index (κ3) is 3.88. The molecule has 2 aromatic heterocycles. The van der Waals surface area contributed by atoms with Crippen molar-refractivity contribution in [3.63, 3.8) is 0 Å². The molecule has 1 amide bonds. The van der Waals surface area contributed by atoms with Gasteiger partial charge >= 0.3 is 0 Å². The Morgan fingerprint density at radius 3 is 2.96 bits per heavy atom. The second-order valence-corrected chi connectivity index (χ2v) is 7.75. The molecule has 0 unspecified atom stereocenters. The molecule has 3 heterocycles. The molecule has 0 aliphatic carbocycles. The van der Waals surface area contributed by atoms with Crippen molar-refractivity contribution in [1.82, 2.24) is 14.9 Å². The molecule has 7 heteroatoms. The van der Waals surface area contributed by atoms with E-state index in [4.69, 9.17) is 4.74 Å². The third-order valence-corrected chi connectivity index (χ3v) is 5.76. The van der Waals surface area contributed by atoms with E-state index in [1.165, 1.54) is 11.3 Å². The number of aryl methyl sites for hydroxylation is 1. The first-order chi connectivity index (χ1) is 12.5. The summed E-state index contributed by atoms with van der Waals surface area (Å²) in [6, 6.07) is 0. The van der Waals surface area contributed by atoms with E-state index in [9.17, 15) is 4.79 Å². The molecule has 1 aliphatic rings. The van der Waals surface area contributed by atoms with E-state index >= 15 is 0 Å². The lowest BCUT2D eigenvalue weighted by atomic mass is 10.1. The molecule has 1 saturated heterocycles. The van der Waals surface area contributed by atoms with Crippen molar-refractivity contribution in [1.29, 1.82) is 0 Å². The van der Waals surface area contributed by atoms with Gasteiger partial charge in [-0.25, -0.2) is 9.97 Å². The SMILES string of the molecule is C=C(C)CN(CC)C(=O)c1sc2ncnc(NC[C@H]3CCCO3)c2c1C. The van der Waals surface area contributed by atoms with Crippen molar-refractivity contribution >= 4 is 33.3 Å². The molecule has 0 saturated carbocycles. The number of nitrogens with one attached hydrogen (secondary N) is 1. The lowest BCUT2D eigenvalue weighted by molar-refractivity contribution is 0.0782. The van der Waals surface area contributed by atoms with Crippen molar-refractivity contribution in [2.24, 2.45) is 0 Å². The van der Waals surface area contributed by atoms with Gasteiger partial charge < -0.3 is 15.0 Å². The summed E-state index contributed by atoms with van der Waals surface area (Å²) < 4.78 is 5.67. The van der Waals surface area contributed by atoms with Crippen molar-refractivity contribution in [3.8, 4) is 0 Å². The van der Waals surface area contributed by atoms with Crippen LogP contribution in [0.15, 0.2) is 18.5 Å². The van der Waals surface area contributed by atoms with Crippen LogP contribution in [-0.2, 0) is 4.74 Å². The van der Waals surface area contributed by atoms with Gasteiger partial charge in [-0.15, -0.1) is 11.3 Å². The molecule has 1 atom stereocenters. The van der Waals surface area contributed by atoms with Crippen LogP contribution in [0.4, 0.5) is 5.82 Å². The molecule has 1 fully saturated rings. The molecule has 0 aromatic carbocycles. The quantitative estimate of drug-likeness (QED) is 0.750. The fourth-order valence-corrected chi connectivity index (χ4v) is 4.34. The van der Waals surface area contributed by atoms with Crippen LogP contribution in [0.1, 0.15) is 41.9 Å². The molecular formula is C19H26N4O2S. The Morgan fingerprint density at radius 2 is 2.31 bits per heavy atom. The van der Waals surface area contributed by atoms with Crippen molar-refractivity contribution in [2.75, 3.05) is 31.6 Å². The maximum absolute atomic E-state index is 13.0. The summed E-state index contributed by atoms with van der Waals surface area (Å²) in [6.07, 6.45) is 3.96. The number of nitrogens with zero attached hydrogens (tertiary/aromatic N) is 3. The van der Waals surface area contributed by atoms with Gasteiger partial charge in [-0.3, -0.25) is 4.79 Å². The number of ether oxygens (including phenoxy) is 1. The van der Waals surface area contributed by atoms with Crippen LogP contribution in [0.25, 0.3) is 10.2 Å². The number of anilines is 1.